The van der Waals surface area contributed by atoms with Crippen LogP contribution in [0.5, 0.6) is 11.5 Å². The summed E-state index contributed by atoms with van der Waals surface area (Å²) >= 11 is 13.5. The van der Waals surface area contributed by atoms with E-state index in [1.807, 2.05) is 0 Å². The highest BCUT2D eigenvalue weighted by molar-refractivity contribution is 8.00. The second-order valence-corrected chi connectivity index (χ2v) is 11.6. The summed E-state index contributed by atoms with van der Waals surface area (Å²) < 4.78 is 10.7. The number of carbonyl (C=O) groups is 3. The molecule has 0 fully saturated rings. The lowest BCUT2D eigenvalue weighted by molar-refractivity contribution is -0.115. The third-order valence-corrected chi connectivity index (χ3v) is 7.93. The number of ether oxygens (including phenoxy) is 2. The number of halogens is 2. The minimum atomic E-state index is -0.543. The average molecular weight is 651 g/mol. The predicted octanol–water partition coefficient (Wildman–Crippen LogP) is 7.54. The van der Waals surface area contributed by atoms with Crippen LogP contribution in [0, 0.1) is 0 Å². The Hall–Kier alpha value is -4.44. The quantitative estimate of drug-likeness (QED) is 0.114. The molecule has 4 rings (SSSR count). The minimum absolute atomic E-state index is 0.00532. The Kier molecular flexibility index (Phi) is 11.3. The topological polar surface area (TPSA) is 106 Å². The van der Waals surface area contributed by atoms with Crippen LogP contribution >= 0.6 is 35.0 Å². The summed E-state index contributed by atoms with van der Waals surface area (Å²) in [4.78, 5) is 40.0. The molecule has 0 heterocycles. The van der Waals surface area contributed by atoms with Gasteiger partial charge in [-0.3, -0.25) is 14.4 Å². The molecule has 0 aliphatic carbocycles. The van der Waals surface area contributed by atoms with Gasteiger partial charge in [-0.15, -0.1) is 11.8 Å². The first-order chi connectivity index (χ1) is 21.2. The van der Waals surface area contributed by atoms with E-state index in [2.05, 4.69) is 16.0 Å². The van der Waals surface area contributed by atoms with Gasteiger partial charge in [-0.05, 0) is 79.7 Å². The fourth-order valence-corrected chi connectivity index (χ4v) is 5.14. The van der Waals surface area contributed by atoms with Crippen LogP contribution in [0.1, 0.15) is 22.8 Å². The molecule has 3 N–H and O–H groups in total. The van der Waals surface area contributed by atoms with Gasteiger partial charge in [-0.2, -0.15) is 0 Å². The summed E-state index contributed by atoms with van der Waals surface area (Å²) in [6.45, 7) is 1.77. The van der Waals surface area contributed by atoms with Crippen LogP contribution in [0.3, 0.4) is 0 Å². The monoisotopic (exact) mass is 649 g/mol. The maximum atomic E-state index is 13.4. The van der Waals surface area contributed by atoms with Gasteiger partial charge in [0, 0.05) is 32.8 Å². The lowest BCUT2D eigenvalue weighted by Gasteiger charge is -2.14. The molecule has 8 nitrogen and oxygen atoms in total. The Morgan fingerprint density at radius 2 is 1.57 bits per heavy atom. The number of hydrogen-bond acceptors (Lipinski definition) is 6. The zero-order valence-electron chi connectivity index (χ0n) is 24.0. The number of hydrogen-bond donors (Lipinski definition) is 3. The molecule has 0 bridgehead atoms. The molecule has 0 saturated heterocycles. The number of carbonyl (C=O) groups excluding carboxylic acids is 3. The molecule has 0 saturated carbocycles. The molecule has 3 amide bonds. The first-order valence-electron chi connectivity index (χ1n) is 13.3. The van der Waals surface area contributed by atoms with Gasteiger partial charge >= 0.3 is 0 Å². The van der Waals surface area contributed by atoms with E-state index in [9.17, 15) is 14.4 Å². The molecule has 0 spiro atoms. The van der Waals surface area contributed by atoms with Crippen molar-refractivity contribution in [2.75, 3.05) is 24.9 Å². The van der Waals surface area contributed by atoms with Gasteiger partial charge in [-0.1, -0.05) is 41.4 Å². The van der Waals surface area contributed by atoms with Crippen molar-refractivity contribution in [1.82, 2.24) is 5.32 Å². The van der Waals surface area contributed by atoms with Gasteiger partial charge in [0.05, 0.1) is 30.2 Å². The zero-order valence-corrected chi connectivity index (χ0v) is 26.3. The Morgan fingerprint density at radius 3 is 2.25 bits per heavy atom. The molecular formula is C33H29Cl2N3O5S. The molecule has 44 heavy (non-hydrogen) atoms. The number of benzene rings is 4. The van der Waals surface area contributed by atoms with Crippen molar-refractivity contribution in [3.05, 3.63) is 118 Å². The predicted molar refractivity (Wildman–Crippen MR) is 177 cm³/mol. The smallest absolute Gasteiger partial charge is 0.272 e. The van der Waals surface area contributed by atoms with Crippen LogP contribution in [-0.2, 0) is 9.59 Å². The normalized spacial score (nSPS) is 11.7. The van der Waals surface area contributed by atoms with Crippen LogP contribution in [0.15, 0.2) is 102 Å². The standard InChI is InChI=1S/C33H29Cl2N3O5S/c1-20(31(39)37-28-18-23(34)10-16-27(28)35)44-26-14-11-24(12-15-26)36-33(41)29(38-32(40)21-7-5-4-6-8-21)17-22-9-13-25(42-2)19-30(22)43-3/h4-20H,1-3H3,(H,36,41)(H,37,39)(H,38,40)/b29-17-. The van der Waals surface area contributed by atoms with E-state index in [4.69, 9.17) is 32.7 Å². The number of methoxy groups -OCH3 is 2. The average Bonchev–Trinajstić information content (AvgIpc) is 3.03. The van der Waals surface area contributed by atoms with Gasteiger partial charge in [0.1, 0.15) is 17.2 Å². The van der Waals surface area contributed by atoms with E-state index in [0.717, 1.165) is 4.90 Å². The first-order valence-corrected chi connectivity index (χ1v) is 14.9. The maximum absolute atomic E-state index is 13.4. The van der Waals surface area contributed by atoms with Crippen LogP contribution in [0.25, 0.3) is 6.08 Å². The minimum Gasteiger partial charge on any atom is -0.497 e. The van der Waals surface area contributed by atoms with Crippen molar-refractivity contribution < 1.29 is 23.9 Å². The second-order valence-electron chi connectivity index (χ2n) is 9.34. The van der Waals surface area contributed by atoms with Gasteiger partial charge in [0.2, 0.25) is 5.91 Å². The molecule has 1 atom stereocenters. The van der Waals surface area contributed by atoms with E-state index in [1.54, 1.807) is 105 Å². The molecule has 11 heteroatoms. The number of amides is 3. The van der Waals surface area contributed by atoms with Crippen molar-refractivity contribution in [3.63, 3.8) is 0 Å². The first kappa shape index (κ1) is 32.5. The zero-order chi connectivity index (χ0) is 31.6. The highest BCUT2D eigenvalue weighted by Gasteiger charge is 2.18. The molecule has 0 aromatic heterocycles. The Labute approximate surface area is 269 Å². The molecule has 0 aliphatic rings. The lowest BCUT2D eigenvalue weighted by atomic mass is 10.1. The van der Waals surface area contributed by atoms with Crippen molar-refractivity contribution in [2.45, 2.75) is 17.1 Å². The number of nitrogens with one attached hydrogen (secondary N) is 3. The molecular weight excluding hydrogens is 621 g/mol. The number of anilines is 2. The Morgan fingerprint density at radius 1 is 0.841 bits per heavy atom. The van der Waals surface area contributed by atoms with Crippen LogP contribution < -0.4 is 25.4 Å². The second kappa shape index (κ2) is 15.3. The third kappa shape index (κ3) is 8.79. The highest BCUT2D eigenvalue weighted by Crippen LogP contribution is 2.30. The summed E-state index contributed by atoms with van der Waals surface area (Å²) in [5.41, 5.74) is 1.88. The van der Waals surface area contributed by atoms with E-state index in [0.29, 0.717) is 44.0 Å². The van der Waals surface area contributed by atoms with Gasteiger partial charge in [0.15, 0.2) is 0 Å². The van der Waals surface area contributed by atoms with Gasteiger partial charge in [0.25, 0.3) is 11.8 Å². The summed E-state index contributed by atoms with van der Waals surface area (Å²) in [6, 6.07) is 25.6. The summed E-state index contributed by atoms with van der Waals surface area (Å²) in [5, 5.41) is 8.73. The summed E-state index contributed by atoms with van der Waals surface area (Å²) in [6.07, 6.45) is 1.53. The fraction of sp³-hybridized carbons (Fsp3) is 0.121. The summed E-state index contributed by atoms with van der Waals surface area (Å²) in [5.74, 6) is -0.192. The molecule has 0 aliphatic heterocycles. The highest BCUT2D eigenvalue weighted by atomic mass is 35.5. The molecule has 0 radical (unpaired) electrons. The van der Waals surface area contributed by atoms with Gasteiger partial charge < -0.3 is 25.4 Å². The molecule has 226 valence electrons. The number of thioether (sulfide) groups is 1. The van der Waals surface area contributed by atoms with Crippen LogP contribution in [0.4, 0.5) is 11.4 Å². The van der Waals surface area contributed by atoms with E-state index in [-0.39, 0.29) is 11.6 Å². The van der Waals surface area contributed by atoms with Crippen molar-refractivity contribution in [1.29, 1.82) is 0 Å². The van der Waals surface area contributed by atoms with Crippen molar-refractivity contribution >= 4 is 70.1 Å². The number of rotatable bonds is 11. The summed E-state index contributed by atoms with van der Waals surface area (Å²) in [7, 11) is 3.05. The van der Waals surface area contributed by atoms with Crippen LogP contribution in [0.2, 0.25) is 10.0 Å². The van der Waals surface area contributed by atoms with E-state index in [1.165, 1.54) is 24.9 Å². The van der Waals surface area contributed by atoms with Crippen molar-refractivity contribution in [3.8, 4) is 11.5 Å². The van der Waals surface area contributed by atoms with Crippen LogP contribution in [-0.4, -0.2) is 37.2 Å². The van der Waals surface area contributed by atoms with Gasteiger partial charge in [-0.25, -0.2) is 0 Å². The molecule has 4 aromatic carbocycles. The Bertz CT molecular complexity index is 1680. The third-order valence-electron chi connectivity index (χ3n) is 6.25. The Balaban J connectivity index is 1.48. The maximum Gasteiger partial charge on any atom is 0.272 e. The van der Waals surface area contributed by atoms with E-state index >= 15 is 0 Å². The SMILES string of the molecule is COc1ccc(/C=C(\NC(=O)c2ccccc2)C(=O)Nc2ccc(SC(C)C(=O)Nc3cc(Cl)ccc3Cl)cc2)c(OC)c1. The fourth-order valence-electron chi connectivity index (χ4n) is 3.94. The van der Waals surface area contributed by atoms with E-state index < -0.39 is 17.1 Å². The lowest BCUT2D eigenvalue weighted by Crippen LogP contribution is -2.30. The van der Waals surface area contributed by atoms with Crippen molar-refractivity contribution in [2.24, 2.45) is 0 Å². The molecule has 1 unspecified atom stereocenters. The largest absolute Gasteiger partial charge is 0.497 e. The molecule has 4 aromatic rings.